The summed E-state index contributed by atoms with van der Waals surface area (Å²) in [6, 6.07) is 16.6. The van der Waals surface area contributed by atoms with E-state index in [4.69, 9.17) is 9.47 Å². The molecule has 25 heavy (non-hydrogen) atoms. The zero-order valence-corrected chi connectivity index (χ0v) is 14.6. The number of nitrogens with zero attached hydrogens (tertiary/aromatic N) is 2. The minimum atomic E-state index is -0.322. The molecule has 2 aromatic carbocycles. The summed E-state index contributed by atoms with van der Waals surface area (Å²) in [4.78, 5) is 17.3. The van der Waals surface area contributed by atoms with Gasteiger partial charge in [0.1, 0.15) is 24.7 Å². The second kappa shape index (κ2) is 8.30. The highest BCUT2D eigenvalue weighted by Gasteiger charge is 2.11. The molecule has 0 bridgehead atoms. The van der Waals surface area contributed by atoms with Gasteiger partial charge in [-0.15, -0.1) is 11.3 Å². The number of carbonyl (C=O) groups is 1. The second-order valence-corrected chi connectivity index (χ2v) is 6.09. The number of ether oxygens (including phenoxy) is 2. The third kappa shape index (κ3) is 4.58. The van der Waals surface area contributed by atoms with Gasteiger partial charge in [-0.1, -0.05) is 30.3 Å². The van der Waals surface area contributed by atoms with Crippen molar-refractivity contribution in [3.8, 4) is 11.5 Å². The molecule has 1 aromatic heterocycles. The molecule has 0 saturated carbocycles. The lowest BCUT2D eigenvalue weighted by Crippen LogP contribution is -2.14. The Morgan fingerprint density at radius 3 is 2.52 bits per heavy atom. The van der Waals surface area contributed by atoms with E-state index >= 15 is 0 Å². The smallest absolute Gasteiger partial charge is 0.283 e. The summed E-state index contributed by atoms with van der Waals surface area (Å²) in [5.41, 5.74) is 0.440. The van der Waals surface area contributed by atoms with Crippen LogP contribution in [0.5, 0.6) is 11.5 Å². The average molecular weight is 354 g/mol. The average Bonchev–Trinajstić information content (AvgIpc) is 3.04. The number of aryl methyl sites for hydroxylation is 1. The zero-order chi connectivity index (χ0) is 17.5. The fraction of sp³-hybridized carbons (Fsp3) is 0.158. The predicted molar refractivity (Wildman–Crippen MR) is 97.1 cm³/mol. The van der Waals surface area contributed by atoms with E-state index < -0.39 is 0 Å². The Morgan fingerprint density at radius 2 is 1.76 bits per heavy atom. The summed E-state index contributed by atoms with van der Waals surface area (Å²) in [6.45, 7) is 0.732. The number of carbonyl (C=O) groups excluding carboxylic acids is 1. The van der Waals surface area contributed by atoms with Crippen molar-refractivity contribution in [1.82, 2.24) is 4.57 Å². The van der Waals surface area contributed by atoms with E-state index in [1.807, 2.05) is 55.0 Å². The Hall–Kier alpha value is -2.86. The fourth-order valence-electron chi connectivity index (χ4n) is 2.18. The van der Waals surface area contributed by atoms with Gasteiger partial charge in [0, 0.05) is 18.6 Å². The van der Waals surface area contributed by atoms with Gasteiger partial charge in [0.15, 0.2) is 4.80 Å². The lowest BCUT2D eigenvalue weighted by molar-refractivity contribution is 0.0992. The summed E-state index contributed by atoms with van der Waals surface area (Å²) in [5.74, 6) is 0.973. The van der Waals surface area contributed by atoms with Crippen molar-refractivity contribution in [3.63, 3.8) is 0 Å². The molecule has 0 atom stereocenters. The van der Waals surface area contributed by atoms with Crippen LogP contribution < -0.4 is 14.3 Å². The van der Waals surface area contributed by atoms with Crippen molar-refractivity contribution >= 4 is 17.2 Å². The van der Waals surface area contributed by atoms with Gasteiger partial charge in [-0.3, -0.25) is 4.79 Å². The van der Waals surface area contributed by atoms with Crippen LogP contribution in [0.2, 0.25) is 0 Å². The Bertz CT molecular complexity index is 900. The van der Waals surface area contributed by atoms with Gasteiger partial charge >= 0.3 is 0 Å². The van der Waals surface area contributed by atoms with E-state index in [1.54, 1.807) is 22.8 Å². The number of amides is 1. The van der Waals surface area contributed by atoms with Gasteiger partial charge in [-0.2, -0.15) is 4.99 Å². The van der Waals surface area contributed by atoms with Crippen LogP contribution in [0.25, 0.3) is 0 Å². The van der Waals surface area contributed by atoms with E-state index in [1.165, 1.54) is 11.3 Å². The minimum Gasteiger partial charge on any atom is -0.490 e. The Balaban J connectivity index is 1.65. The van der Waals surface area contributed by atoms with Crippen molar-refractivity contribution in [2.24, 2.45) is 12.0 Å². The van der Waals surface area contributed by atoms with Gasteiger partial charge in [0.05, 0.1) is 5.56 Å². The molecule has 0 unspecified atom stereocenters. The monoisotopic (exact) mass is 354 g/mol. The van der Waals surface area contributed by atoms with Crippen LogP contribution in [0.3, 0.4) is 0 Å². The van der Waals surface area contributed by atoms with Crippen LogP contribution in [0.1, 0.15) is 10.4 Å². The Kier molecular flexibility index (Phi) is 5.64. The largest absolute Gasteiger partial charge is 0.490 e. The molecule has 0 spiro atoms. The first-order valence-electron chi connectivity index (χ1n) is 7.83. The normalized spacial score (nSPS) is 11.3. The number of aromatic nitrogens is 1. The molecule has 6 heteroatoms. The molecular weight excluding hydrogens is 336 g/mol. The lowest BCUT2D eigenvalue weighted by Gasteiger charge is -2.10. The number of hydrogen-bond acceptors (Lipinski definition) is 4. The number of hydrogen-bond donors (Lipinski definition) is 0. The highest BCUT2D eigenvalue weighted by Crippen LogP contribution is 2.19. The third-order valence-electron chi connectivity index (χ3n) is 3.43. The van der Waals surface area contributed by atoms with Crippen molar-refractivity contribution in [2.45, 2.75) is 0 Å². The highest BCUT2D eigenvalue weighted by atomic mass is 32.1. The molecule has 1 heterocycles. The maximum atomic E-state index is 12.5. The molecule has 0 aliphatic heterocycles. The number of rotatable bonds is 6. The molecule has 0 saturated heterocycles. The molecule has 128 valence electrons. The summed E-state index contributed by atoms with van der Waals surface area (Å²) in [7, 11) is 1.85. The maximum Gasteiger partial charge on any atom is 0.283 e. The van der Waals surface area contributed by atoms with Crippen LogP contribution in [0, 0.1) is 0 Å². The summed E-state index contributed by atoms with van der Waals surface area (Å²) < 4.78 is 13.1. The number of thiazole rings is 1. The molecule has 0 radical (unpaired) electrons. The molecule has 0 aliphatic carbocycles. The Morgan fingerprint density at radius 1 is 1.04 bits per heavy atom. The summed E-state index contributed by atoms with van der Waals surface area (Å²) in [5, 5.41) is 1.88. The number of benzene rings is 2. The van der Waals surface area contributed by atoms with Crippen molar-refractivity contribution in [3.05, 3.63) is 76.5 Å². The molecule has 0 fully saturated rings. The van der Waals surface area contributed by atoms with Gasteiger partial charge in [-0.25, -0.2) is 0 Å². The van der Waals surface area contributed by atoms with Crippen molar-refractivity contribution in [1.29, 1.82) is 0 Å². The number of para-hydroxylation sites is 2. The van der Waals surface area contributed by atoms with Crippen LogP contribution in [0.15, 0.2) is 71.2 Å². The fourth-order valence-corrected chi connectivity index (χ4v) is 2.91. The van der Waals surface area contributed by atoms with Crippen LogP contribution in [-0.4, -0.2) is 23.7 Å². The van der Waals surface area contributed by atoms with Crippen LogP contribution in [0.4, 0.5) is 0 Å². The second-order valence-electron chi connectivity index (χ2n) is 5.22. The first kappa shape index (κ1) is 17.0. The standard InChI is InChI=1S/C19H18N2O3S/c1-21-11-14-25-19(21)20-18(22)16-9-5-6-10-17(16)24-13-12-23-15-7-3-2-4-8-15/h2-11,14H,12-13H2,1H3. The summed E-state index contributed by atoms with van der Waals surface area (Å²) in [6.07, 6.45) is 1.86. The molecule has 0 N–H and O–H groups in total. The highest BCUT2D eigenvalue weighted by molar-refractivity contribution is 7.07. The van der Waals surface area contributed by atoms with Gasteiger partial charge < -0.3 is 14.0 Å². The van der Waals surface area contributed by atoms with Crippen LogP contribution in [-0.2, 0) is 7.05 Å². The SMILES string of the molecule is Cn1ccsc1=NC(=O)c1ccccc1OCCOc1ccccc1. The quantitative estimate of drug-likeness (QED) is 0.638. The van der Waals surface area contributed by atoms with E-state index in [-0.39, 0.29) is 5.91 Å². The first-order valence-corrected chi connectivity index (χ1v) is 8.71. The minimum absolute atomic E-state index is 0.322. The zero-order valence-electron chi connectivity index (χ0n) is 13.8. The molecule has 3 rings (SSSR count). The molecule has 0 aliphatic rings. The summed E-state index contributed by atoms with van der Waals surface area (Å²) >= 11 is 1.41. The molecule has 1 amide bonds. The van der Waals surface area contributed by atoms with Gasteiger partial charge in [0.25, 0.3) is 5.91 Å². The lowest BCUT2D eigenvalue weighted by atomic mass is 10.2. The van der Waals surface area contributed by atoms with Crippen molar-refractivity contribution < 1.29 is 14.3 Å². The van der Waals surface area contributed by atoms with Crippen LogP contribution >= 0.6 is 11.3 Å². The molecular formula is C19H18N2O3S. The predicted octanol–water partition coefficient (Wildman–Crippen LogP) is 3.29. The molecule has 5 nitrogen and oxygen atoms in total. The van der Waals surface area contributed by atoms with E-state index in [0.717, 1.165) is 5.75 Å². The maximum absolute atomic E-state index is 12.5. The van der Waals surface area contributed by atoms with Gasteiger partial charge in [0.2, 0.25) is 0 Å². The topological polar surface area (TPSA) is 52.8 Å². The Labute approximate surface area is 149 Å². The van der Waals surface area contributed by atoms with Gasteiger partial charge in [-0.05, 0) is 24.3 Å². The van der Waals surface area contributed by atoms with E-state index in [0.29, 0.717) is 29.3 Å². The van der Waals surface area contributed by atoms with E-state index in [9.17, 15) is 4.79 Å². The van der Waals surface area contributed by atoms with E-state index in [2.05, 4.69) is 4.99 Å². The van der Waals surface area contributed by atoms with Crippen molar-refractivity contribution in [2.75, 3.05) is 13.2 Å². The first-order chi connectivity index (χ1) is 12.2. The third-order valence-corrected chi connectivity index (χ3v) is 4.28. The molecule has 3 aromatic rings.